The Hall–Kier alpha value is -0.900. The predicted octanol–water partition coefficient (Wildman–Crippen LogP) is 2.33. The zero-order chi connectivity index (χ0) is 11.0. The molecule has 1 atom stereocenters. The quantitative estimate of drug-likeness (QED) is 0.832. The lowest BCUT2D eigenvalue weighted by Gasteiger charge is -2.18. The number of hydrogen-bond acceptors (Lipinski definition) is 4. The third-order valence-electron chi connectivity index (χ3n) is 4.00. The second-order valence-corrected chi connectivity index (χ2v) is 5.30. The van der Waals surface area contributed by atoms with Gasteiger partial charge in [0, 0.05) is 5.92 Å². The maximum absolute atomic E-state index is 5.44. The lowest BCUT2D eigenvalue weighted by molar-refractivity contribution is 0.273. The second kappa shape index (κ2) is 3.84. The van der Waals surface area contributed by atoms with Crippen LogP contribution in [0.3, 0.4) is 0 Å². The summed E-state index contributed by atoms with van der Waals surface area (Å²) in [5.74, 6) is 2.26. The van der Waals surface area contributed by atoms with Crippen molar-refractivity contribution in [1.82, 2.24) is 15.5 Å². The summed E-state index contributed by atoms with van der Waals surface area (Å²) in [5.41, 5.74) is -0.0795. The summed E-state index contributed by atoms with van der Waals surface area (Å²) >= 11 is 0. The SMILES string of the molecule is CC1(c2nc(C3CCCC3)no2)CCCN1. The van der Waals surface area contributed by atoms with Gasteiger partial charge < -0.3 is 9.84 Å². The first-order valence-electron chi connectivity index (χ1n) is 6.37. The highest BCUT2D eigenvalue weighted by Crippen LogP contribution is 2.34. The molecule has 88 valence electrons. The Morgan fingerprint density at radius 1 is 1.31 bits per heavy atom. The zero-order valence-corrected chi connectivity index (χ0v) is 9.83. The smallest absolute Gasteiger partial charge is 0.246 e. The Bertz CT molecular complexity index is 362. The fourth-order valence-electron chi connectivity index (χ4n) is 2.89. The van der Waals surface area contributed by atoms with Crippen LogP contribution in [0.15, 0.2) is 4.52 Å². The number of aromatic nitrogens is 2. The molecule has 1 saturated carbocycles. The zero-order valence-electron chi connectivity index (χ0n) is 9.83. The van der Waals surface area contributed by atoms with E-state index in [0.717, 1.165) is 24.7 Å². The highest BCUT2D eigenvalue weighted by Gasteiger charge is 2.36. The van der Waals surface area contributed by atoms with Crippen LogP contribution in [-0.4, -0.2) is 16.7 Å². The van der Waals surface area contributed by atoms with E-state index in [-0.39, 0.29) is 5.54 Å². The maximum Gasteiger partial charge on any atom is 0.246 e. The van der Waals surface area contributed by atoms with Crippen LogP contribution in [0.25, 0.3) is 0 Å². The largest absolute Gasteiger partial charge is 0.337 e. The minimum atomic E-state index is -0.0795. The van der Waals surface area contributed by atoms with Gasteiger partial charge in [-0.05, 0) is 39.2 Å². The van der Waals surface area contributed by atoms with E-state index in [1.165, 1.54) is 32.1 Å². The average Bonchev–Trinajstić information content (AvgIpc) is 2.98. The molecule has 0 amide bonds. The van der Waals surface area contributed by atoms with Crippen LogP contribution in [0, 0.1) is 0 Å². The summed E-state index contributed by atoms with van der Waals surface area (Å²) in [4.78, 5) is 4.61. The van der Waals surface area contributed by atoms with Crippen molar-refractivity contribution in [2.45, 2.75) is 56.9 Å². The number of hydrogen-bond donors (Lipinski definition) is 1. The van der Waals surface area contributed by atoms with E-state index in [4.69, 9.17) is 4.52 Å². The van der Waals surface area contributed by atoms with Gasteiger partial charge in [0.1, 0.15) is 0 Å². The van der Waals surface area contributed by atoms with Gasteiger partial charge in [0.05, 0.1) is 5.54 Å². The summed E-state index contributed by atoms with van der Waals surface area (Å²) < 4.78 is 5.44. The molecule has 1 N–H and O–H groups in total. The molecule has 3 rings (SSSR count). The van der Waals surface area contributed by atoms with Crippen molar-refractivity contribution in [3.63, 3.8) is 0 Å². The molecule has 1 aromatic rings. The molecule has 1 aliphatic carbocycles. The first kappa shape index (κ1) is 10.3. The summed E-state index contributed by atoms with van der Waals surface area (Å²) in [5, 5.41) is 7.62. The van der Waals surface area contributed by atoms with Gasteiger partial charge in [0.2, 0.25) is 5.89 Å². The van der Waals surface area contributed by atoms with Crippen molar-refractivity contribution < 1.29 is 4.52 Å². The number of nitrogens with one attached hydrogen (secondary N) is 1. The summed E-state index contributed by atoms with van der Waals surface area (Å²) in [6.45, 7) is 3.21. The third kappa shape index (κ3) is 1.65. The first-order chi connectivity index (χ1) is 7.78. The van der Waals surface area contributed by atoms with Gasteiger partial charge in [-0.3, -0.25) is 0 Å². The van der Waals surface area contributed by atoms with Crippen molar-refractivity contribution >= 4 is 0 Å². The fourth-order valence-corrected chi connectivity index (χ4v) is 2.89. The van der Waals surface area contributed by atoms with Crippen molar-refractivity contribution in [1.29, 1.82) is 0 Å². The van der Waals surface area contributed by atoms with Crippen LogP contribution >= 0.6 is 0 Å². The van der Waals surface area contributed by atoms with Gasteiger partial charge in [-0.2, -0.15) is 4.98 Å². The topological polar surface area (TPSA) is 51.0 Å². The predicted molar refractivity (Wildman–Crippen MR) is 60.1 cm³/mol. The van der Waals surface area contributed by atoms with Gasteiger partial charge in [-0.15, -0.1) is 0 Å². The number of rotatable bonds is 2. The summed E-state index contributed by atoms with van der Waals surface area (Å²) in [7, 11) is 0. The molecule has 16 heavy (non-hydrogen) atoms. The van der Waals surface area contributed by atoms with Crippen LogP contribution in [0.1, 0.15) is 63.1 Å². The average molecular weight is 221 g/mol. The Morgan fingerprint density at radius 3 is 2.81 bits per heavy atom. The van der Waals surface area contributed by atoms with E-state index in [1.807, 2.05) is 0 Å². The standard InChI is InChI=1S/C12H19N3O/c1-12(7-4-8-13-12)11-14-10(15-16-11)9-5-2-3-6-9/h9,13H,2-8H2,1H3. The maximum atomic E-state index is 5.44. The first-order valence-corrected chi connectivity index (χ1v) is 6.37. The van der Waals surface area contributed by atoms with Crippen molar-refractivity contribution in [3.8, 4) is 0 Å². The third-order valence-corrected chi connectivity index (χ3v) is 4.00. The van der Waals surface area contributed by atoms with Crippen molar-refractivity contribution in [2.24, 2.45) is 0 Å². The fraction of sp³-hybridized carbons (Fsp3) is 0.833. The second-order valence-electron chi connectivity index (χ2n) is 5.30. The van der Waals surface area contributed by atoms with Crippen molar-refractivity contribution in [3.05, 3.63) is 11.7 Å². The van der Waals surface area contributed by atoms with Crippen LogP contribution in [-0.2, 0) is 5.54 Å². The molecule has 1 aliphatic heterocycles. The molecular formula is C12H19N3O. The molecule has 1 unspecified atom stereocenters. The van der Waals surface area contributed by atoms with E-state index in [9.17, 15) is 0 Å². The lowest BCUT2D eigenvalue weighted by atomic mass is 10.0. The lowest BCUT2D eigenvalue weighted by Crippen LogP contribution is -2.33. The van der Waals surface area contributed by atoms with Crippen LogP contribution in [0.2, 0.25) is 0 Å². The molecule has 0 aromatic carbocycles. The Labute approximate surface area is 95.8 Å². The number of nitrogens with zero attached hydrogens (tertiary/aromatic N) is 2. The summed E-state index contributed by atoms with van der Waals surface area (Å²) in [6, 6.07) is 0. The molecule has 0 spiro atoms. The molecule has 1 aromatic heterocycles. The molecule has 4 nitrogen and oxygen atoms in total. The van der Waals surface area contributed by atoms with Gasteiger partial charge in [-0.1, -0.05) is 18.0 Å². The van der Waals surface area contributed by atoms with Gasteiger partial charge in [0.15, 0.2) is 5.82 Å². The molecule has 1 saturated heterocycles. The van der Waals surface area contributed by atoms with E-state index in [1.54, 1.807) is 0 Å². The molecule has 4 heteroatoms. The van der Waals surface area contributed by atoms with Gasteiger partial charge in [0.25, 0.3) is 0 Å². The normalized spacial score (nSPS) is 31.3. The Balaban J connectivity index is 1.81. The van der Waals surface area contributed by atoms with Gasteiger partial charge in [-0.25, -0.2) is 0 Å². The monoisotopic (exact) mass is 221 g/mol. The highest BCUT2D eigenvalue weighted by molar-refractivity contribution is 5.07. The molecule has 0 radical (unpaired) electrons. The Morgan fingerprint density at radius 2 is 2.12 bits per heavy atom. The molecule has 0 bridgehead atoms. The molecule has 2 heterocycles. The van der Waals surface area contributed by atoms with Crippen LogP contribution in [0.5, 0.6) is 0 Å². The van der Waals surface area contributed by atoms with E-state index in [2.05, 4.69) is 22.4 Å². The summed E-state index contributed by atoms with van der Waals surface area (Å²) in [6.07, 6.45) is 7.36. The van der Waals surface area contributed by atoms with Crippen LogP contribution < -0.4 is 5.32 Å². The van der Waals surface area contributed by atoms with E-state index in [0.29, 0.717) is 5.92 Å². The molecule has 2 aliphatic rings. The molecule has 2 fully saturated rings. The minimum Gasteiger partial charge on any atom is -0.337 e. The van der Waals surface area contributed by atoms with E-state index < -0.39 is 0 Å². The van der Waals surface area contributed by atoms with E-state index >= 15 is 0 Å². The molecular weight excluding hydrogens is 202 g/mol. The minimum absolute atomic E-state index is 0.0795. The Kier molecular flexibility index (Phi) is 2.46. The van der Waals surface area contributed by atoms with Gasteiger partial charge >= 0.3 is 0 Å². The van der Waals surface area contributed by atoms with Crippen LogP contribution in [0.4, 0.5) is 0 Å². The van der Waals surface area contributed by atoms with Crippen molar-refractivity contribution in [2.75, 3.05) is 6.54 Å². The highest BCUT2D eigenvalue weighted by atomic mass is 16.5.